The van der Waals surface area contributed by atoms with Gasteiger partial charge in [0, 0.05) is 31.8 Å². The van der Waals surface area contributed by atoms with Gasteiger partial charge in [-0.2, -0.15) is 0 Å². The molecule has 6 nitrogen and oxygen atoms in total. The number of nitrogens with one attached hydrogen (secondary N) is 1. The normalized spacial score (nSPS) is 25.7. The molecule has 0 bridgehead atoms. The molecule has 0 radical (unpaired) electrons. The predicted molar refractivity (Wildman–Crippen MR) is 81.6 cm³/mol. The van der Waals surface area contributed by atoms with Crippen LogP contribution in [0.1, 0.15) is 37.7 Å². The summed E-state index contributed by atoms with van der Waals surface area (Å²) in [5, 5.41) is 3.09. The fourth-order valence-electron chi connectivity index (χ4n) is 3.13. The van der Waals surface area contributed by atoms with Gasteiger partial charge in [0.2, 0.25) is 5.91 Å². The lowest BCUT2D eigenvalue weighted by Gasteiger charge is -2.26. The number of nitrogens with zero attached hydrogens (tertiary/aromatic N) is 2. The summed E-state index contributed by atoms with van der Waals surface area (Å²) in [6, 6.07) is 0.155. The molecular weight excluding hydrogens is 282 g/mol. The quantitative estimate of drug-likeness (QED) is 0.888. The van der Waals surface area contributed by atoms with Gasteiger partial charge >= 0.3 is 0 Å². The van der Waals surface area contributed by atoms with Gasteiger partial charge in [-0.3, -0.25) is 4.79 Å². The van der Waals surface area contributed by atoms with Gasteiger partial charge in [0.15, 0.2) is 0 Å². The van der Waals surface area contributed by atoms with Crippen LogP contribution in [0, 0.1) is 6.92 Å². The Bertz CT molecular complexity index is 523. The fourth-order valence-corrected chi connectivity index (χ4v) is 3.13. The SMILES string of the molecule is Cc1cn2c(n1)CC[C@H](NC(=O)[C@@H](C)OC[C@H]1CCCO1)C2. The molecule has 22 heavy (non-hydrogen) atoms. The molecule has 0 spiro atoms. The minimum atomic E-state index is -0.435. The Balaban J connectivity index is 1.45. The van der Waals surface area contributed by atoms with Crippen molar-refractivity contribution in [2.24, 2.45) is 0 Å². The number of aryl methyl sites for hydroxylation is 2. The monoisotopic (exact) mass is 307 g/mol. The highest BCUT2D eigenvalue weighted by Crippen LogP contribution is 2.16. The zero-order chi connectivity index (χ0) is 15.5. The molecule has 122 valence electrons. The third kappa shape index (κ3) is 3.67. The molecule has 1 aromatic rings. The standard InChI is InChI=1S/C16H25N3O3/c1-11-8-19-9-13(5-6-15(19)17-11)18-16(20)12(2)22-10-14-4-3-7-21-14/h8,12-14H,3-7,9-10H2,1-2H3,(H,18,20)/t12-,13+,14-/m1/s1. The van der Waals surface area contributed by atoms with Crippen molar-refractivity contribution in [3.8, 4) is 0 Å². The van der Waals surface area contributed by atoms with Crippen LogP contribution in [-0.2, 0) is 27.2 Å². The van der Waals surface area contributed by atoms with E-state index in [1.807, 2.05) is 13.1 Å². The molecular formula is C16H25N3O3. The first-order chi connectivity index (χ1) is 10.6. The molecule has 0 aliphatic carbocycles. The van der Waals surface area contributed by atoms with Gasteiger partial charge < -0.3 is 19.4 Å². The largest absolute Gasteiger partial charge is 0.376 e. The minimum Gasteiger partial charge on any atom is -0.376 e. The lowest BCUT2D eigenvalue weighted by Crippen LogP contribution is -2.45. The second-order valence-electron chi connectivity index (χ2n) is 6.31. The van der Waals surface area contributed by atoms with Gasteiger partial charge in [-0.25, -0.2) is 4.98 Å². The Morgan fingerprint density at radius 2 is 2.45 bits per heavy atom. The number of carbonyl (C=O) groups excluding carboxylic acids is 1. The predicted octanol–water partition coefficient (Wildman–Crippen LogP) is 1.21. The second-order valence-corrected chi connectivity index (χ2v) is 6.31. The number of imidazole rings is 1. The molecule has 0 unspecified atom stereocenters. The topological polar surface area (TPSA) is 65.4 Å². The van der Waals surface area contributed by atoms with Crippen molar-refractivity contribution in [2.75, 3.05) is 13.2 Å². The van der Waals surface area contributed by atoms with Crippen molar-refractivity contribution in [3.63, 3.8) is 0 Å². The first kappa shape index (κ1) is 15.5. The molecule has 1 saturated heterocycles. The van der Waals surface area contributed by atoms with Crippen LogP contribution in [0.2, 0.25) is 0 Å². The van der Waals surface area contributed by atoms with Crippen molar-refractivity contribution in [3.05, 3.63) is 17.7 Å². The van der Waals surface area contributed by atoms with Gasteiger partial charge in [0.1, 0.15) is 11.9 Å². The number of amides is 1. The molecule has 2 aliphatic heterocycles. The summed E-state index contributed by atoms with van der Waals surface area (Å²) in [5.74, 6) is 1.08. The summed E-state index contributed by atoms with van der Waals surface area (Å²) in [7, 11) is 0. The lowest BCUT2D eigenvalue weighted by molar-refractivity contribution is -0.134. The number of hydrogen-bond donors (Lipinski definition) is 1. The van der Waals surface area contributed by atoms with Crippen molar-refractivity contribution in [1.82, 2.24) is 14.9 Å². The van der Waals surface area contributed by atoms with Gasteiger partial charge in [0.25, 0.3) is 0 Å². The van der Waals surface area contributed by atoms with E-state index in [1.165, 1.54) is 0 Å². The summed E-state index contributed by atoms with van der Waals surface area (Å²) in [6.45, 7) is 5.91. The van der Waals surface area contributed by atoms with E-state index in [-0.39, 0.29) is 18.1 Å². The maximum atomic E-state index is 12.2. The van der Waals surface area contributed by atoms with Crippen molar-refractivity contribution < 1.29 is 14.3 Å². The highest BCUT2D eigenvalue weighted by atomic mass is 16.5. The van der Waals surface area contributed by atoms with E-state index >= 15 is 0 Å². The minimum absolute atomic E-state index is 0.0386. The third-order valence-corrected chi connectivity index (χ3v) is 4.38. The zero-order valence-corrected chi connectivity index (χ0v) is 13.4. The van der Waals surface area contributed by atoms with E-state index in [0.29, 0.717) is 6.61 Å². The molecule has 1 N–H and O–H groups in total. The van der Waals surface area contributed by atoms with Gasteiger partial charge in [-0.05, 0) is 33.1 Å². The summed E-state index contributed by atoms with van der Waals surface area (Å²) in [6.07, 6.45) is 5.72. The maximum absolute atomic E-state index is 12.2. The van der Waals surface area contributed by atoms with E-state index in [9.17, 15) is 4.79 Å². The van der Waals surface area contributed by atoms with Gasteiger partial charge in [-0.1, -0.05) is 0 Å². The van der Waals surface area contributed by atoms with Crippen molar-refractivity contribution >= 4 is 5.91 Å². The number of carbonyl (C=O) groups is 1. The fraction of sp³-hybridized carbons (Fsp3) is 0.750. The first-order valence-electron chi connectivity index (χ1n) is 8.18. The Labute approximate surface area is 131 Å². The number of hydrogen-bond acceptors (Lipinski definition) is 4. The molecule has 1 fully saturated rings. The molecule has 6 heteroatoms. The molecule has 2 aliphatic rings. The zero-order valence-electron chi connectivity index (χ0n) is 13.4. The Hall–Kier alpha value is -1.40. The molecule has 3 heterocycles. The second kappa shape index (κ2) is 6.79. The van der Waals surface area contributed by atoms with E-state index in [0.717, 1.165) is 50.4 Å². The Morgan fingerprint density at radius 1 is 1.59 bits per heavy atom. The molecule has 1 amide bonds. The van der Waals surface area contributed by atoms with Crippen molar-refractivity contribution in [1.29, 1.82) is 0 Å². The number of ether oxygens (including phenoxy) is 2. The van der Waals surface area contributed by atoms with Crippen LogP contribution >= 0.6 is 0 Å². The number of rotatable bonds is 5. The van der Waals surface area contributed by atoms with Crippen LogP contribution < -0.4 is 5.32 Å². The van der Waals surface area contributed by atoms with E-state index in [1.54, 1.807) is 6.92 Å². The van der Waals surface area contributed by atoms with E-state index < -0.39 is 6.10 Å². The van der Waals surface area contributed by atoms with Crippen LogP contribution in [0.15, 0.2) is 6.20 Å². The van der Waals surface area contributed by atoms with E-state index in [4.69, 9.17) is 9.47 Å². The highest BCUT2D eigenvalue weighted by molar-refractivity contribution is 5.80. The average molecular weight is 307 g/mol. The van der Waals surface area contributed by atoms with Gasteiger partial charge in [-0.15, -0.1) is 0 Å². The lowest BCUT2D eigenvalue weighted by atomic mass is 10.1. The van der Waals surface area contributed by atoms with Crippen LogP contribution in [0.25, 0.3) is 0 Å². The number of aromatic nitrogens is 2. The number of fused-ring (bicyclic) bond motifs is 1. The molecule has 3 rings (SSSR count). The molecule has 1 aromatic heterocycles. The highest BCUT2D eigenvalue weighted by Gasteiger charge is 2.24. The Morgan fingerprint density at radius 3 is 3.23 bits per heavy atom. The summed E-state index contributed by atoms with van der Waals surface area (Å²) >= 11 is 0. The van der Waals surface area contributed by atoms with Crippen molar-refractivity contribution in [2.45, 2.75) is 64.3 Å². The summed E-state index contributed by atoms with van der Waals surface area (Å²) in [5.41, 5.74) is 1.04. The van der Waals surface area contributed by atoms with Crippen LogP contribution in [-0.4, -0.2) is 46.9 Å². The smallest absolute Gasteiger partial charge is 0.249 e. The maximum Gasteiger partial charge on any atom is 0.249 e. The van der Waals surface area contributed by atoms with Crippen LogP contribution in [0.3, 0.4) is 0 Å². The molecule has 3 atom stereocenters. The average Bonchev–Trinajstić information content (AvgIpc) is 3.12. The first-order valence-corrected chi connectivity index (χ1v) is 8.18. The third-order valence-electron chi connectivity index (χ3n) is 4.38. The van der Waals surface area contributed by atoms with Crippen LogP contribution in [0.5, 0.6) is 0 Å². The summed E-state index contributed by atoms with van der Waals surface area (Å²) < 4.78 is 13.3. The summed E-state index contributed by atoms with van der Waals surface area (Å²) in [4.78, 5) is 16.7. The van der Waals surface area contributed by atoms with Crippen LogP contribution in [0.4, 0.5) is 0 Å². The Kier molecular flexibility index (Phi) is 4.78. The molecule has 0 aromatic carbocycles. The van der Waals surface area contributed by atoms with E-state index in [2.05, 4.69) is 14.9 Å². The molecule has 0 saturated carbocycles. The van der Waals surface area contributed by atoms with Gasteiger partial charge in [0.05, 0.1) is 18.4 Å².